The molecule has 1 saturated heterocycles. The highest BCUT2D eigenvalue weighted by Crippen LogP contribution is 2.21. The van der Waals surface area contributed by atoms with Crippen molar-refractivity contribution in [3.63, 3.8) is 0 Å². The van der Waals surface area contributed by atoms with Crippen LogP contribution in [0.3, 0.4) is 0 Å². The van der Waals surface area contributed by atoms with E-state index in [1.807, 2.05) is 13.1 Å². The summed E-state index contributed by atoms with van der Waals surface area (Å²) in [6.07, 6.45) is 5.79. The van der Waals surface area contributed by atoms with Crippen molar-refractivity contribution in [3.8, 4) is 5.75 Å². The Balaban J connectivity index is 2.01. The number of nitrogens with zero attached hydrogens (tertiary/aromatic N) is 1. The van der Waals surface area contributed by atoms with E-state index in [2.05, 4.69) is 10.3 Å². The molecule has 0 aromatic carbocycles. The summed E-state index contributed by atoms with van der Waals surface area (Å²) >= 11 is 0. The van der Waals surface area contributed by atoms with Crippen molar-refractivity contribution in [2.24, 2.45) is 0 Å². The maximum Gasteiger partial charge on any atom is 0.142 e. The molecular weight excluding hydrogens is 204 g/mol. The molecule has 0 amide bonds. The van der Waals surface area contributed by atoms with E-state index in [1.54, 1.807) is 12.4 Å². The standard InChI is InChI=1S/C12H18N2O2/c1-13-8-10-2-5-14-9-12(10)16-11-3-6-15-7-4-11/h2,5,9,11,13H,3-4,6-8H2,1H3. The Morgan fingerprint density at radius 2 is 2.31 bits per heavy atom. The minimum atomic E-state index is 0.272. The Hall–Kier alpha value is -1.13. The van der Waals surface area contributed by atoms with Crippen LogP contribution in [-0.2, 0) is 11.3 Å². The predicted octanol–water partition coefficient (Wildman–Crippen LogP) is 1.36. The second-order valence-electron chi connectivity index (χ2n) is 3.94. The largest absolute Gasteiger partial charge is 0.488 e. The van der Waals surface area contributed by atoms with Gasteiger partial charge in [-0.1, -0.05) is 0 Å². The molecule has 1 aliphatic rings. The molecular formula is C12H18N2O2. The van der Waals surface area contributed by atoms with E-state index < -0.39 is 0 Å². The minimum absolute atomic E-state index is 0.272. The highest BCUT2D eigenvalue weighted by Gasteiger charge is 2.16. The maximum atomic E-state index is 5.96. The van der Waals surface area contributed by atoms with Crippen molar-refractivity contribution in [1.29, 1.82) is 0 Å². The topological polar surface area (TPSA) is 43.4 Å². The van der Waals surface area contributed by atoms with Crippen LogP contribution in [0.1, 0.15) is 18.4 Å². The zero-order chi connectivity index (χ0) is 11.2. The van der Waals surface area contributed by atoms with Crippen LogP contribution in [-0.4, -0.2) is 31.3 Å². The molecule has 1 fully saturated rings. The van der Waals surface area contributed by atoms with E-state index in [9.17, 15) is 0 Å². The average Bonchev–Trinajstić information content (AvgIpc) is 2.33. The van der Waals surface area contributed by atoms with E-state index in [-0.39, 0.29) is 6.10 Å². The Morgan fingerprint density at radius 1 is 1.50 bits per heavy atom. The van der Waals surface area contributed by atoms with Crippen LogP contribution < -0.4 is 10.1 Å². The number of rotatable bonds is 4. The lowest BCUT2D eigenvalue weighted by Crippen LogP contribution is -2.26. The van der Waals surface area contributed by atoms with Crippen LogP contribution in [0.15, 0.2) is 18.5 Å². The van der Waals surface area contributed by atoms with Crippen molar-refractivity contribution < 1.29 is 9.47 Å². The monoisotopic (exact) mass is 222 g/mol. The van der Waals surface area contributed by atoms with Crippen LogP contribution in [0.4, 0.5) is 0 Å². The Morgan fingerprint density at radius 3 is 3.06 bits per heavy atom. The third-order valence-electron chi connectivity index (χ3n) is 2.70. The second-order valence-corrected chi connectivity index (χ2v) is 3.94. The lowest BCUT2D eigenvalue weighted by atomic mass is 10.1. The summed E-state index contributed by atoms with van der Waals surface area (Å²) < 4.78 is 11.3. The van der Waals surface area contributed by atoms with Gasteiger partial charge in [-0.3, -0.25) is 4.98 Å². The van der Waals surface area contributed by atoms with Crippen LogP contribution in [0.5, 0.6) is 5.75 Å². The summed E-state index contributed by atoms with van der Waals surface area (Å²) in [5.74, 6) is 0.892. The molecule has 0 radical (unpaired) electrons. The first-order valence-corrected chi connectivity index (χ1v) is 5.72. The van der Waals surface area contributed by atoms with Crippen LogP contribution in [0, 0.1) is 0 Å². The Bertz CT molecular complexity index is 325. The fourth-order valence-electron chi connectivity index (χ4n) is 1.82. The van der Waals surface area contributed by atoms with Gasteiger partial charge in [0.25, 0.3) is 0 Å². The fourth-order valence-corrected chi connectivity index (χ4v) is 1.82. The Kier molecular flexibility index (Phi) is 4.13. The van der Waals surface area contributed by atoms with Gasteiger partial charge in [-0.2, -0.15) is 0 Å². The second kappa shape index (κ2) is 5.82. The molecule has 88 valence electrons. The molecule has 0 unspecified atom stereocenters. The molecule has 0 aliphatic carbocycles. The summed E-state index contributed by atoms with van der Waals surface area (Å²) in [7, 11) is 1.93. The molecule has 2 heterocycles. The van der Waals surface area contributed by atoms with E-state index in [0.717, 1.165) is 43.9 Å². The SMILES string of the molecule is CNCc1ccncc1OC1CCOCC1. The first-order valence-electron chi connectivity index (χ1n) is 5.72. The van der Waals surface area contributed by atoms with Gasteiger partial charge in [-0.25, -0.2) is 0 Å². The van der Waals surface area contributed by atoms with Crippen molar-refractivity contribution in [2.75, 3.05) is 20.3 Å². The first-order chi connectivity index (χ1) is 7.90. The molecule has 0 saturated carbocycles. The summed E-state index contributed by atoms with van der Waals surface area (Å²) in [6, 6.07) is 1.99. The number of nitrogens with one attached hydrogen (secondary N) is 1. The van der Waals surface area contributed by atoms with Gasteiger partial charge in [0, 0.05) is 31.1 Å². The predicted molar refractivity (Wildman–Crippen MR) is 61.5 cm³/mol. The van der Waals surface area contributed by atoms with Crippen molar-refractivity contribution in [1.82, 2.24) is 10.3 Å². The molecule has 1 aromatic rings. The van der Waals surface area contributed by atoms with Crippen LogP contribution in [0.25, 0.3) is 0 Å². The lowest BCUT2D eigenvalue weighted by Gasteiger charge is -2.24. The van der Waals surface area contributed by atoms with Gasteiger partial charge < -0.3 is 14.8 Å². The molecule has 4 nitrogen and oxygen atoms in total. The van der Waals surface area contributed by atoms with Crippen molar-refractivity contribution in [3.05, 3.63) is 24.0 Å². The average molecular weight is 222 g/mol. The van der Waals surface area contributed by atoms with Gasteiger partial charge >= 0.3 is 0 Å². The molecule has 1 aromatic heterocycles. The molecule has 1 aliphatic heterocycles. The highest BCUT2D eigenvalue weighted by atomic mass is 16.5. The minimum Gasteiger partial charge on any atom is -0.488 e. The molecule has 0 spiro atoms. The summed E-state index contributed by atoms with van der Waals surface area (Å²) in [6.45, 7) is 2.40. The van der Waals surface area contributed by atoms with Gasteiger partial charge in [0.2, 0.25) is 0 Å². The molecule has 1 N–H and O–H groups in total. The van der Waals surface area contributed by atoms with E-state index in [4.69, 9.17) is 9.47 Å². The maximum absolute atomic E-state index is 5.96. The fraction of sp³-hybridized carbons (Fsp3) is 0.583. The van der Waals surface area contributed by atoms with E-state index in [1.165, 1.54) is 0 Å². The number of pyridine rings is 1. The highest BCUT2D eigenvalue weighted by molar-refractivity contribution is 5.29. The third-order valence-corrected chi connectivity index (χ3v) is 2.70. The van der Waals surface area contributed by atoms with E-state index in [0.29, 0.717) is 0 Å². The third kappa shape index (κ3) is 2.93. The van der Waals surface area contributed by atoms with Gasteiger partial charge in [0.15, 0.2) is 0 Å². The zero-order valence-corrected chi connectivity index (χ0v) is 9.61. The zero-order valence-electron chi connectivity index (χ0n) is 9.61. The van der Waals surface area contributed by atoms with Crippen molar-refractivity contribution in [2.45, 2.75) is 25.5 Å². The Labute approximate surface area is 96.0 Å². The summed E-state index contributed by atoms with van der Waals surface area (Å²) in [4.78, 5) is 4.11. The molecule has 0 atom stereocenters. The van der Waals surface area contributed by atoms with Crippen molar-refractivity contribution >= 4 is 0 Å². The molecule has 16 heavy (non-hydrogen) atoms. The number of aromatic nitrogens is 1. The first kappa shape index (κ1) is 11.4. The molecule has 4 heteroatoms. The van der Waals surface area contributed by atoms with Gasteiger partial charge in [-0.05, 0) is 13.1 Å². The molecule has 2 rings (SSSR count). The summed E-state index contributed by atoms with van der Waals surface area (Å²) in [5, 5.41) is 3.13. The number of hydrogen-bond acceptors (Lipinski definition) is 4. The normalized spacial score (nSPS) is 17.3. The molecule has 0 bridgehead atoms. The smallest absolute Gasteiger partial charge is 0.142 e. The van der Waals surface area contributed by atoms with Gasteiger partial charge in [0.1, 0.15) is 11.9 Å². The van der Waals surface area contributed by atoms with Gasteiger partial charge in [0.05, 0.1) is 19.4 Å². The number of ether oxygens (including phenoxy) is 2. The van der Waals surface area contributed by atoms with E-state index >= 15 is 0 Å². The lowest BCUT2D eigenvalue weighted by molar-refractivity contribution is 0.0250. The van der Waals surface area contributed by atoms with Crippen LogP contribution >= 0.6 is 0 Å². The van der Waals surface area contributed by atoms with Gasteiger partial charge in [-0.15, -0.1) is 0 Å². The van der Waals surface area contributed by atoms with Crippen LogP contribution in [0.2, 0.25) is 0 Å². The number of hydrogen-bond donors (Lipinski definition) is 1. The summed E-state index contributed by atoms with van der Waals surface area (Å²) in [5.41, 5.74) is 1.16. The quantitative estimate of drug-likeness (QED) is 0.835.